The van der Waals surface area contributed by atoms with Gasteiger partial charge in [0.1, 0.15) is 11.5 Å². The smallest absolute Gasteiger partial charge is 0.272 e. The zero-order valence-electron chi connectivity index (χ0n) is 12.2. The molecular formula is C16H19ClN4O. The topological polar surface area (TPSA) is 62.5 Å². The Morgan fingerprint density at radius 1 is 0.955 bits per heavy atom. The zero-order chi connectivity index (χ0) is 14.7. The molecule has 6 heteroatoms. The summed E-state index contributed by atoms with van der Waals surface area (Å²) in [6.07, 6.45) is 0. The number of nitrogen functional groups attached to an aromatic ring is 1. The third-order valence-electron chi connectivity index (χ3n) is 3.68. The summed E-state index contributed by atoms with van der Waals surface area (Å²) in [5.41, 5.74) is 7.25. The number of hydrogen-bond acceptors (Lipinski definition) is 4. The number of piperazine rings is 1. The molecule has 116 valence electrons. The van der Waals surface area contributed by atoms with Crippen LogP contribution in [-0.2, 0) is 0 Å². The van der Waals surface area contributed by atoms with Crippen LogP contribution in [0.5, 0.6) is 0 Å². The van der Waals surface area contributed by atoms with E-state index in [1.165, 1.54) is 5.69 Å². The normalized spacial score (nSPS) is 14.4. The molecule has 1 amide bonds. The van der Waals surface area contributed by atoms with Gasteiger partial charge in [-0.1, -0.05) is 24.3 Å². The molecule has 0 bridgehead atoms. The highest BCUT2D eigenvalue weighted by Gasteiger charge is 2.23. The van der Waals surface area contributed by atoms with E-state index >= 15 is 0 Å². The Morgan fingerprint density at radius 2 is 1.64 bits per heavy atom. The standard InChI is InChI=1S/C16H18N4O.ClH/c17-15-8-4-7-14(18-15)16(21)20-11-9-19(10-12-20)13-5-2-1-3-6-13;/h1-8H,9-12H2,(H2,17,18);1H. The molecule has 0 saturated carbocycles. The van der Waals surface area contributed by atoms with E-state index in [2.05, 4.69) is 22.0 Å². The quantitative estimate of drug-likeness (QED) is 0.920. The van der Waals surface area contributed by atoms with Crippen LogP contribution in [0.2, 0.25) is 0 Å². The van der Waals surface area contributed by atoms with Crippen molar-refractivity contribution >= 4 is 29.8 Å². The molecule has 0 atom stereocenters. The highest BCUT2D eigenvalue weighted by Crippen LogP contribution is 2.16. The first-order valence-electron chi connectivity index (χ1n) is 7.06. The van der Waals surface area contributed by atoms with Crippen molar-refractivity contribution in [2.45, 2.75) is 0 Å². The van der Waals surface area contributed by atoms with Gasteiger partial charge in [-0.3, -0.25) is 4.79 Å². The molecule has 22 heavy (non-hydrogen) atoms. The third-order valence-corrected chi connectivity index (χ3v) is 3.68. The number of nitrogens with two attached hydrogens (primary N) is 1. The lowest BCUT2D eigenvalue weighted by Gasteiger charge is -2.36. The minimum absolute atomic E-state index is 0. The number of para-hydroxylation sites is 1. The van der Waals surface area contributed by atoms with Crippen LogP contribution in [-0.4, -0.2) is 42.0 Å². The van der Waals surface area contributed by atoms with Gasteiger partial charge in [-0.05, 0) is 24.3 Å². The summed E-state index contributed by atoms with van der Waals surface area (Å²) < 4.78 is 0. The number of hydrogen-bond donors (Lipinski definition) is 1. The SMILES string of the molecule is Cl.Nc1cccc(C(=O)N2CCN(c3ccccc3)CC2)n1. The summed E-state index contributed by atoms with van der Waals surface area (Å²) in [6, 6.07) is 15.4. The third kappa shape index (κ3) is 3.49. The number of carbonyl (C=O) groups is 1. The Kier molecular flexibility index (Phi) is 5.22. The number of pyridine rings is 1. The van der Waals surface area contributed by atoms with Gasteiger partial charge in [0, 0.05) is 31.9 Å². The van der Waals surface area contributed by atoms with Gasteiger partial charge in [0.2, 0.25) is 0 Å². The Labute approximate surface area is 136 Å². The molecule has 2 N–H and O–H groups in total. The second-order valence-electron chi connectivity index (χ2n) is 5.06. The molecule has 1 saturated heterocycles. The lowest BCUT2D eigenvalue weighted by molar-refractivity contribution is 0.0741. The Bertz CT molecular complexity index is 627. The minimum Gasteiger partial charge on any atom is -0.384 e. The maximum atomic E-state index is 12.4. The van der Waals surface area contributed by atoms with Gasteiger partial charge in [-0.2, -0.15) is 0 Å². The van der Waals surface area contributed by atoms with Crippen molar-refractivity contribution in [3.05, 3.63) is 54.2 Å². The van der Waals surface area contributed by atoms with Crippen LogP contribution in [0.15, 0.2) is 48.5 Å². The van der Waals surface area contributed by atoms with Crippen molar-refractivity contribution in [1.29, 1.82) is 0 Å². The minimum atomic E-state index is -0.0463. The molecule has 1 aromatic heterocycles. The van der Waals surface area contributed by atoms with E-state index in [4.69, 9.17) is 5.73 Å². The van der Waals surface area contributed by atoms with E-state index in [9.17, 15) is 4.79 Å². The van der Waals surface area contributed by atoms with Crippen LogP contribution >= 0.6 is 12.4 Å². The molecule has 1 aliphatic rings. The van der Waals surface area contributed by atoms with E-state index < -0.39 is 0 Å². The first kappa shape index (κ1) is 16.1. The molecule has 5 nitrogen and oxygen atoms in total. The second kappa shape index (κ2) is 7.13. The molecular weight excluding hydrogens is 300 g/mol. The molecule has 0 radical (unpaired) electrons. The fraction of sp³-hybridized carbons (Fsp3) is 0.250. The number of rotatable bonds is 2. The number of benzene rings is 1. The average molecular weight is 319 g/mol. The van der Waals surface area contributed by atoms with Gasteiger partial charge in [-0.15, -0.1) is 12.4 Å². The van der Waals surface area contributed by atoms with Crippen LogP contribution < -0.4 is 10.6 Å². The number of halogens is 1. The van der Waals surface area contributed by atoms with E-state index in [1.54, 1.807) is 18.2 Å². The fourth-order valence-electron chi connectivity index (χ4n) is 2.54. The summed E-state index contributed by atoms with van der Waals surface area (Å²) in [6.45, 7) is 3.06. The van der Waals surface area contributed by atoms with Crippen molar-refractivity contribution in [2.24, 2.45) is 0 Å². The van der Waals surface area contributed by atoms with Crippen LogP contribution in [0, 0.1) is 0 Å². The van der Waals surface area contributed by atoms with E-state index in [0.29, 0.717) is 24.6 Å². The number of nitrogens with zero attached hydrogens (tertiary/aromatic N) is 3. The van der Waals surface area contributed by atoms with Gasteiger partial charge in [0.05, 0.1) is 0 Å². The lowest BCUT2D eigenvalue weighted by Crippen LogP contribution is -2.49. The first-order chi connectivity index (χ1) is 10.2. The summed E-state index contributed by atoms with van der Waals surface area (Å²) >= 11 is 0. The molecule has 3 rings (SSSR count). The predicted octanol–water partition coefficient (Wildman–Crippen LogP) is 2.05. The maximum Gasteiger partial charge on any atom is 0.272 e. The van der Waals surface area contributed by atoms with Crippen LogP contribution in [0.4, 0.5) is 11.5 Å². The molecule has 1 aliphatic heterocycles. The van der Waals surface area contributed by atoms with E-state index in [0.717, 1.165) is 13.1 Å². The molecule has 0 unspecified atom stereocenters. The van der Waals surface area contributed by atoms with Gasteiger partial charge in [0.15, 0.2) is 0 Å². The molecule has 2 heterocycles. The van der Waals surface area contributed by atoms with Crippen molar-refractivity contribution in [3.63, 3.8) is 0 Å². The predicted molar refractivity (Wildman–Crippen MR) is 90.5 cm³/mol. The highest BCUT2D eigenvalue weighted by molar-refractivity contribution is 5.92. The largest absolute Gasteiger partial charge is 0.384 e. The van der Waals surface area contributed by atoms with Crippen molar-refractivity contribution in [3.8, 4) is 0 Å². The summed E-state index contributed by atoms with van der Waals surface area (Å²) in [7, 11) is 0. The van der Waals surface area contributed by atoms with Crippen LogP contribution in [0.3, 0.4) is 0 Å². The lowest BCUT2D eigenvalue weighted by atomic mass is 10.2. The number of carbonyl (C=O) groups excluding carboxylic acids is 1. The van der Waals surface area contributed by atoms with Gasteiger partial charge in [-0.25, -0.2) is 4.98 Å². The Morgan fingerprint density at radius 3 is 2.27 bits per heavy atom. The van der Waals surface area contributed by atoms with E-state index in [-0.39, 0.29) is 18.3 Å². The Hall–Kier alpha value is -2.27. The highest BCUT2D eigenvalue weighted by atomic mass is 35.5. The maximum absolute atomic E-state index is 12.4. The zero-order valence-corrected chi connectivity index (χ0v) is 13.0. The average Bonchev–Trinajstić information content (AvgIpc) is 2.55. The number of amides is 1. The number of aromatic nitrogens is 1. The van der Waals surface area contributed by atoms with Crippen LogP contribution in [0.1, 0.15) is 10.5 Å². The molecule has 0 spiro atoms. The molecule has 1 aromatic carbocycles. The van der Waals surface area contributed by atoms with Crippen LogP contribution in [0.25, 0.3) is 0 Å². The summed E-state index contributed by atoms with van der Waals surface area (Å²) in [5.74, 6) is 0.332. The van der Waals surface area contributed by atoms with Gasteiger partial charge < -0.3 is 15.5 Å². The summed E-state index contributed by atoms with van der Waals surface area (Å²) in [5, 5.41) is 0. The molecule has 2 aromatic rings. The van der Waals surface area contributed by atoms with Gasteiger partial charge >= 0.3 is 0 Å². The van der Waals surface area contributed by atoms with Crippen molar-refractivity contribution in [2.75, 3.05) is 36.8 Å². The summed E-state index contributed by atoms with van der Waals surface area (Å²) in [4.78, 5) is 20.6. The monoisotopic (exact) mass is 318 g/mol. The fourth-order valence-corrected chi connectivity index (χ4v) is 2.54. The van der Waals surface area contributed by atoms with Crippen molar-refractivity contribution in [1.82, 2.24) is 9.88 Å². The first-order valence-corrected chi connectivity index (χ1v) is 7.06. The Balaban J connectivity index is 0.00000176. The van der Waals surface area contributed by atoms with Crippen molar-refractivity contribution < 1.29 is 4.79 Å². The van der Waals surface area contributed by atoms with Gasteiger partial charge in [0.25, 0.3) is 5.91 Å². The second-order valence-corrected chi connectivity index (χ2v) is 5.06. The molecule has 1 fully saturated rings. The number of anilines is 2. The molecule has 0 aliphatic carbocycles. The van der Waals surface area contributed by atoms with E-state index in [1.807, 2.05) is 23.1 Å².